The van der Waals surface area contributed by atoms with Crippen molar-refractivity contribution in [3.8, 4) is 0 Å². The average molecular weight is 362 g/mol. The van der Waals surface area contributed by atoms with E-state index < -0.39 is 11.2 Å². The predicted octanol–water partition coefficient (Wildman–Crippen LogP) is 1.94. The number of hydrogen-bond donors (Lipinski definition) is 2. The first-order valence-electron chi connectivity index (χ1n) is 8.36. The average Bonchev–Trinajstić information content (AvgIpc) is 2.75. The maximum atomic E-state index is 11.1. The summed E-state index contributed by atoms with van der Waals surface area (Å²) in [6.07, 6.45) is 4.76. The van der Waals surface area contributed by atoms with Gasteiger partial charge in [-0.1, -0.05) is 35.4 Å². The van der Waals surface area contributed by atoms with Crippen LogP contribution in [0.3, 0.4) is 0 Å². The zero-order chi connectivity index (χ0) is 18.7. The lowest BCUT2D eigenvalue weighted by Crippen LogP contribution is -2.41. The third-order valence-corrected chi connectivity index (χ3v) is 5.50. The van der Waals surface area contributed by atoms with E-state index in [9.17, 15) is 4.55 Å². The van der Waals surface area contributed by atoms with Crippen molar-refractivity contribution in [3.63, 3.8) is 0 Å². The van der Waals surface area contributed by atoms with Crippen LogP contribution in [-0.4, -0.2) is 47.6 Å². The zero-order valence-corrected chi connectivity index (χ0v) is 16.4. The van der Waals surface area contributed by atoms with E-state index in [2.05, 4.69) is 5.32 Å². The number of nitrogens with one attached hydrogen (secondary N) is 2. The molecule has 0 saturated carbocycles. The Balaban J connectivity index is 2.06. The summed E-state index contributed by atoms with van der Waals surface area (Å²) >= 11 is -0.821. The van der Waals surface area contributed by atoms with Crippen molar-refractivity contribution in [2.75, 3.05) is 18.6 Å². The molecule has 1 saturated heterocycles. The van der Waals surface area contributed by atoms with Gasteiger partial charge in [0.1, 0.15) is 5.75 Å². The first kappa shape index (κ1) is 20.0. The quantitative estimate of drug-likeness (QED) is 0.336. The van der Waals surface area contributed by atoms with Gasteiger partial charge in [0.05, 0.1) is 24.0 Å². The maximum Gasteiger partial charge on any atom is 0.494 e. The summed E-state index contributed by atoms with van der Waals surface area (Å²) < 4.78 is 23.2. The molecule has 1 fully saturated rings. The molecule has 2 N–H and O–H groups in total. The molecule has 0 bridgehead atoms. The Kier molecular flexibility index (Phi) is 6.38. The Morgan fingerprint density at radius 3 is 2.24 bits per heavy atom. The monoisotopic (exact) mass is 362 g/mol. The fourth-order valence-electron chi connectivity index (χ4n) is 2.40. The van der Waals surface area contributed by atoms with E-state index in [0.717, 1.165) is 16.6 Å². The molecule has 136 valence electrons. The van der Waals surface area contributed by atoms with Crippen molar-refractivity contribution < 1.29 is 13.9 Å². The van der Waals surface area contributed by atoms with Gasteiger partial charge in [0.15, 0.2) is 0 Å². The van der Waals surface area contributed by atoms with Crippen LogP contribution in [0.2, 0.25) is 0 Å². The fraction of sp³-hybridized carbons (Fsp3) is 0.500. The van der Waals surface area contributed by atoms with Crippen LogP contribution in [0.1, 0.15) is 33.3 Å². The van der Waals surface area contributed by atoms with Gasteiger partial charge in [-0.3, -0.25) is 0 Å². The SMILES string of the molecule is C[S+]([O-])CCN/C=C(\C=N)c1ccc(B2OC(C)(C)C(C)(C)O2)cc1. The molecule has 2 rings (SSSR count). The lowest BCUT2D eigenvalue weighted by molar-refractivity contribution is 0.00578. The predicted molar refractivity (Wildman–Crippen MR) is 106 cm³/mol. The van der Waals surface area contributed by atoms with Gasteiger partial charge in [-0.25, -0.2) is 0 Å². The summed E-state index contributed by atoms with van der Waals surface area (Å²) in [5.41, 5.74) is 1.93. The van der Waals surface area contributed by atoms with E-state index in [1.807, 2.05) is 52.0 Å². The van der Waals surface area contributed by atoms with Crippen LogP contribution in [0.25, 0.3) is 5.57 Å². The van der Waals surface area contributed by atoms with Gasteiger partial charge in [-0.2, -0.15) is 0 Å². The lowest BCUT2D eigenvalue weighted by Gasteiger charge is -2.32. The summed E-state index contributed by atoms with van der Waals surface area (Å²) in [5.74, 6) is 0.586. The van der Waals surface area contributed by atoms with Crippen molar-refractivity contribution in [3.05, 3.63) is 36.0 Å². The molecule has 0 spiro atoms. The topological polar surface area (TPSA) is 77.4 Å². The van der Waals surface area contributed by atoms with Crippen LogP contribution in [0.4, 0.5) is 0 Å². The minimum absolute atomic E-state index is 0.361. The summed E-state index contributed by atoms with van der Waals surface area (Å²) in [6, 6.07) is 7.85. The number of benzene rings is 1. The van der Waals surface area contributed by atoms with Crippen LogP contribution < -0.4 is 10.8 Å². The van der Waals surface area contributed by atoms with Crippen molar-refractivity contribution in [1.82, 2.24) is 5.32 Å². The van der Waals surface area contributed by atoms with Crippen LogP contribution >= 0.6 is 0 Å². The normalized spacial score (nSPS) is 20.4. The molecule has 7 heteroatoms. The molecular weight excluding hydrogens is 335 g/mol. The Labute approximate surface area is 154 Å². The molecule has 0 amide bonds. The molecule has 1 aliphatic rings. The molecule has 25 heavy (non-hydrogen) atoms. The highest BCUT2D eigenvalue weighted by atomic mass is 32.2. The van der Waals surface area contributed by atoms with Crippen LogP contribution in [0.15, 0.2) is 30.5 Å². The minimum Gasteiger partial charge on any atom is -0.617 e. The molecule has 0 radical (unpaired) electrons. The van der Waals surface area contributed by atoms with Gasteiger partial charge in [0.25, 0.3) is 0 Å². The highest BCUT2D eigenvalue weighted by Crippen LogP contribution is 2.36. The highest BCUT2D eigenvalue weighted by molar-refractivity contribution is 7.90. The van der Waals surface area contributed by atoms with Crippen LogP contribution in [0, 0.1) is 5.41 Å². The molecule has 1 aromatic carbocycles. The van der Waals surface area contributed by atoms with Gasteiger partial charge in [0, 0.05) is 18.0 Å². The largest absolute Gasteiger partial charge is 0.617 e. The van der Waals surface area contributed by atoms with Crippen molar-refractivity contribution in [1.29, 1.82) is 5.41 Å². The van der Waals surface area contributed by atoms with E-state index >= 15 is 0 Å². The molecule has 0 aromatic heterocycles. The Morgan fingerprint density at radius 2 is 1.76 bits per heavy atom. The smallest absolute Gasteiger partial charge is 0.494 e. The molecule has 1 aromatic rings. The van der Waals surface area contributed by atoms with E-state index in [4.69, 9.17) is 14.7 Å². The molecule has 1 heterocycles. The van der Waals surface area contributed by atoms with Crippen LogP contribution in [0.5, 0.6) is 0 Å². The maximum absolute atomic E-state index is 11.1. The van der Waals surface area contributed by atoms with E-state index in [-0.39, 0.29) is 18.3 Å². The Bertz CT molecular complexity index is 614. The summed E-state index contributed by atoms with van der Waals surface area (Å²) in [4.78, 5) is 0. The summed E-state index contributed by atoms with van der Waals surface area (Å²) in [6.45, 7) is 8.75. The first-order valence-corrected chi connectivity index (χ1v) is 10.1. The third-order valence-electron chi connectivity index (χ3n) is 4.72. The van der Waals surface area contributed by atoms with Gasteiger partial charge < -0.3 is 24.6 Å². The van der Waals surface area contributed by atoms with E-state index in [0.29, 0.717) is 12.3 Å². The second-order valence-electron chi connectivity index (χ2n) is 7.19. The number of allylic oxidation sites excluding steroid dienone is 1. The van der Waals surface area contributed by atoms with Crippen molar-refractivity contribution in [2.24, 2.45) is 0 Å². The molecule has 1 atom stereocenters. The van der Waals surface area contributed by atoms with Crippen molar-refractivity contribution in [2.45, 2.75) is 38.9 Å². The minimum atomic E-state index is -0.821. The summed E-state index contributed by atoms with van der Waals surface area (Å²) in [5, 5.41) is 10.7. The fourth-order valence-corrected chi connectivity index (χ4v) is 2.81. The van der Waals surface area contributed by atoms with Crippen LogP contribution in [-0.2, 0) is 20.5 Å². The van der Waals surface area contributed by atoms with Gasteiger partial charge in [-0.05, 0) is 38.7 Å². The zero-order valence-electron chi connectivity index (χ0n) is 15.6. The van der Waals surface area contributed by atoms with Crippen molar-refractivity contribution >= 4 is 35.5 Å². The second kappa shape index (κ2) is 7.95. The number of hydrogen-bond acceptors (Lipinski definition) is 5. The Morgan fingerprint density at radius 1 is 1.20 bits per heavy atom. The molecule has 1 aliphatic heterocycles. The number of rotatable bonds is 7. The van der Waals surface area contributed by atoms with Gasteiger partial charge >= 0.3 is 7.12 Å². The standard InChI is InChI=1S/C18H27BN2O3S/c1-17(2)18(3,4)24-19(23-17)16-8-6-14(7-9-16)15(12-20)13-21-10-11-25(5)22/h6-9,12-13,20-21H,10-11H2,1-5H3/b15-13+,20-12?. The van der Waals surface area contributed by atoms with E-state index in [1.165, 1.54) is 6.21 Å². The first-order chi connectivity index (χ1) is 11.7. The van der Waals surface area contributed by atoms with Gasteiger partial charge in [0.2, 0.25) is 0 Å². The van der Waals surface area contributed by atoms with Gasteiger partial charge in [-0.15, -0.1) is 0 Å². The van der Waals surface area contributed by atoms with E-state index in [1.54, 1.807) is 12.5 Å². The lowest BCUT2D eigenvalue weighted by atomic mass is 9.78. The third kappa shape index (κ3) is 4.88. The second-order valence-corrected chi connectivity index (χ2v) is 8.74. The molecular formula is C18H27BN2O3S. The molecule has 0 aliphatic carbocycles. The molecule has 1 unspecified atom stereocenters. The Hall–Kier alpha value is -1.28. The highest BCUT2D eigenvalue weighted by Gasteiger charge is 2.51. The summed E-state index contributed by atoms with van der Waals surface area (Å²) in [7, 11) is -0.385. The molecule has 5 nitrogen and oxygen atoms in total.